The second-order valence-corrected chi connectivity index (χ2v) is 20.6. The van der Waals surface area contributed by atoms with E-state index in [1.807, 2.05) is 0 Å². The number of benzene rings is 11. The molecule has 0 amide bonds. The lowest BCUT2D eigenvalue weighted by Gasteiger charge is -2.34. The molecule has 1 unspecified atom stereocenters. The highest BCUT2D eigenvalue weighted by Crippen LogP contribution is 2.68. The van der Waals surface area contributed by atoms with E-state index in [9.17, 15) is 0 Å². The fourth-order valence-electron chi connectivity index (χ4n) is 14.7. The fourth-order valence-corrected chi connectivity index (χ4v) is 14.7. The van der Waals surface area contributed by atoms with Gasteiger partial charge >= 0.3 is 0 Å². The van der Waals surface area contributed by atoms with Gasteiger partial charge in [0.2, 0.25) is 0 Å². The Hall–Kier alpha value is -8.52. The number of fused-ring (bicyclic) bond motifs is 25. The molecule has 1 heteroatoms. The first kappa shape index (κ1) is 38.4. The third-order valence-electron chi connectivity index (χ3n) is 17.3. The first-order valence-corrected chi connectivity index (χ1v) is 24.8. The van der Waals surface area contributed by atoms with Crippen LogP contribution in [-0.2, 0) is 16.2 Å². The molecule has 0 N–H and O–H groups in total. The maximum Gasteiger partial charge on any atom is 0.0726 e. The second kappa shape index (κ2) is 13.4. The zero-order chi connectivity index (χ0) is 46.1. The van der Waals surface area contributed by atoms with Crippen molar-refractivity contribution < 1.29 is 0 Å². The Balaban J connectivity index is 1.03. The van der Waals surface area contributed by atoms with Gasteiger partial charge < -0.3 is 4.90 Å². The molecule has 0 aliphatic heterocycles. The highest BCUT2D eigenvalue weighted by molar-refractivity contribution is 6.09. The van der Waals surface area contributed by atoms with Crippen LogP contribution in [0.3, 0.4) is 0 Å². The molecule has 0 bridgehead atoms. The monoisotopic (exact) mass is 887 g/mol. The zero-order valence-corrected chi connectivity index (χ0v) is 39.0. The molecule has 1 nitrogen and oxygen atoms in total. The lowest BCUT2D eigenvalue weighted by molar-refractivity contribution is 0.660. The zero-order valence-electron chi connectivity index (χ0n) is 39.0. The summed E-state index contributed by atoms with van der Waals surface area (Å²) in [4.78, 5) is 2.65. The molecule has 0 heterocycles. The molecule has 11 aromatic rings. The van der Waals surface area contributed by atoms with Crippen molar-refractivity contribution in [2.45, 2.75) is 30.1 Å². The number of hydrogen-bond acceptors (Lipinski definition) is 1. The molecule has 2 spiro atoms. The second-order valence-electron chi connectivity index (χ2n) is 20.6. The van der Waals surface area contributed by atoms with Gasteiger partial charge in [-0.1, -0.05) is 226 Å². The van der Waals surface area contributed by atoms with Gasteiger partial charge in [-0.2, -0.15) is 0 Å². The molecule has 0 fully saturated rings. The first-order chi connectivity index (χ1) is 34.5. The number of hydrogen-bond donors (Lipinski definition) is 0. The molecule has 326 valence electrons. The Morgan fingerprint density at radius 3 is 1.21 bits per heavy atom. The topological polar surface area (TPSA) is 3.24 Å². The van der Waals surface area contributed by atoms with Crippen LogP contribution in [-0.4, -0.2) is 0 Å². The lowest BCUT2D eigenvalue weighted by atomic mass is 9.70. The normalized spacial score (nSPS) is 16.7. The van der Waals surface area contributed by atoms with Crippen LogP contribution in [0, 0.1) is 0 Å². The van der Waals surface area contributed by atoms with Gasteiger partial charge in [0.05, 0.1) is 22.2 Å². The quantitative estimate of drug-likeness (QED) is 0.171. The number of anilines is 3. The molecule has 16 rings (SSSR count). The van der Waals surface area contributed by atoms with E-state index in [0.29, 0.717) is 0 Å². The van der Waals surface area contributed by atoms with E-state index in [0.717, 1.165) is 5.69 Å². The Morgan fingerprint density at radius 1 is 0.271 bits per heavy atom. The summed E-state index contributed by atoms with van der Waals surface area (Å²) in [5.74, 6) is 0. The summed E-state index contributed by atoms with van der Waals surface area (Å²) in [6, 6.07) is 90.5. The van der Waals surface area contributed by atoms with Gasteiger partial charge in [-0.3, -0.25) is 0 Å². The summed E-state index contributed by atoms with van der Waals surface area (Å²) in [6.07, 6.45) is 0. The van der Waals surface area contributed by atoms with Crippen molar-refractivity contribution in [3.8, 4) is 55.6 Å². The van der Waals surface area contributed by atoms with Gasteiger partial charge in [0.15, 0.2) is 0 Å². The smallest absolute Gasteiger partial charge is 0.0726 e. The van der Waals surface area contributed by atoms with Gasteiger partial charge in [0.1, 0.15) is 0 Å². The number of nitrogens with zero attached hydrogens (tertiary/aromatic N) is 1. The van der Waals surface area contributed by atoms with E-state index in [1.54, 1.807) is 0 Å². The minimum absolute atomic E-state index is 0.185. The Kier molecular flexibility index (Phi) is 7.35. The maximum absolute atomic E-state index is 2.65. The van der Waals surface area contributed by atoms with E-state index in [1.165, 1.54) is 133 Å². The van der Waals surface area contributed by atoms with Gasteiger partial charge in [-0.05, 0) is 135 Å². The minimum atomic E-state index is -0.516. The van der Waals surface area contributed by atoms with E-state index in [-0.39, 0.29) is 5.41 Å². The van der Waals surface area contributed by atoms with Crippen LogP contribution in [0.1, 0.15) is 69.5 Å². The van der Waals surface area contributed by atoms with Gasteiger partial charge in [-0.15, -0.1) is 0 Å². The van der Waals surface area contributed by atoms with Crippen LogP contribution in [0.15, 0.2) is 237 Å². The molecular weight excluding hydrogens is 843 g/mol. The molecule has 70 heavy (non-hydrogen) atoms. The van der Waals surface area contributed by atoms with Crippen LogP contribution in [0.2, 0.25) is 0 Å². The molecule has 5 aliphatic carbocycles. The SMILES string of the molecule is CC1(C)c2ccccc2-c2ccc(N(c3cccc4c3-c3ccccc3C43c4ccccc4-c4ccccc43)c3cccc4c3-c3ccccc3C43c4ccccc4-c4c3ccc3ccccc43)cc21. The molecule has 0 saturated carbocycles. The largest absolute Gasteiger partial charge is 0.309 e. The summed E-state index contributed by atoms with van der Waals surface area (Å²) in [7, 11) is 0. The van der Waals surface area contributed by atoms with Gasteiger partial charge in [0, 0.05) is 22.2 Å². The summed E-state index contributed by atoms with van der Waals surface area (Å²) >= 11 is 0. The van der Waals surface area contributed by atoms with Gasteiger partial charge in [-0.25, -0.2) is 0 Å². The third kappa shape index (κ3) is 4.42. The van der Waals surface area contributed by atoms with Crippen molar-refractivity contribution in [2.75, 3.05) is 4.90 Å². The van der Waals surface area contributed by atoms with Crippen molar-refractivity contribution in [3.63, 3.8) is 0 Å². The maximum atomic E-state index is 2.65. The highest BCUT2D eigenvalue weighted by atomic mass is 15.1. The average molecular weight is 888 g/mol. The van der Waals surface area contributed by atoms with Crippen molar-refractivity contribution >= 4 is 27.8 Å². The van der Waals surface area contributed by atoms with Crippen LogP contribution < -0.4 is 4.90 Å². The predicted molar refractivity (Wildman–Crippen MR) is 289 cm³/mol. The molecule has 0 radical (unpaired) electrons. The Morgan fingerprint density at radius 2 is 0.657 bits per heavy atom. The first-order valence-electron chi connectivity index (χ1n) is 24.8. The van der Waals surface area contributed by atoms with Crippen LogP contribution in [0.4, 0.5) is 17.1 Å². The summed E-state index contributed by atoms with van der Waals surface area (Å²) in [5.41, 5.74) is 28.9. The van der Waals surface area contributed by atoms with Crippen molar-refractivity contribution in [3.05, 3.63) is 292 Å². The van der Waals surface area contributed by atoms with Crippen LogP contribution >= 0.6 is 0 Å². The average Bonchev–Trinajstić information content (AvgIpc) is 4.16. The fraction of sp³-hybridized carbons (Fsp3) is 0.0725. The van der Waals surface area contributed by atoms with Crippen molar-refractivity contribution in [2.24, 2.45) is 0 Å². The van der Waals surface area contributed by atoms with E-state index in [2.05, 4.69) is 255 Å². The summed E-state index contributed by atoms with van der Waals surface area (Å²) < 4.78 is 0. The Labute approximate surface area is 408 Å². The van der Waals surface area contributed by atoms with E-state index >= 15 is 0 Å². The number of rotatable bonds is 3. The summed E-state index contributed by atoms with van der Waals surface area (Å²) in [6.45, 7) is 4.81. The van der Waals surface area contributed by atoms with Crippen LogP contribution in [0.5, 0.6) is 0 Å². The third-order valence-corrected chi connectivity index (χ3v) is 17.3. The van der Waals surface area contributed by atoms with Crippen molar-refractivity contribution in [1.82, 2.24) is 0 Å². The van der Waals surface area contributed by atoms with Crippen LogP contribution in [0.25, 0.3) is 66.4 Å². The molecule has 1 atom stereocenters. The van der Waals surface area contributed by atoms with Gasteiger partial charge in [0.25, 0.3) is 0 Å². The summed E-state index contributed by atoms with van der Waals surface area (Å²) in [5, 5.41) is 2.57. The molecule has 11 aromatic carbocycles. The molecule has 5 aliphatic rings. The molecule has 0 saturated heterocycles. The van der Waals surface area contributed by atoms with E-state index in [4.69, 9.17) is 0 Å². The lowest BCUT2D eigenvalue weighted by Crippen LogP contribution is -2.26. The minimum Gasteiger partial charge on any atom is -0.309 e. The van der Waals surface area contributed by atoms with Crippen molar-refractivity contribution in [1.29, 1.82) is 0 Å². The molecular formula is C69H45N. The Bertz CT molecular complexity index is 4080. The molecule has 0 aromatic heterocycles. The predicted octanol–water partition coefficient (Wildman–Crippen LogP) is 17.3. The van der Waals surface area contributed by atoms with E-state index < -0.39 is 10.8 Å². The highest BCUT2D eigenvalue weighted by Gasteiger charge is 2.55. The standard InChI is InChI=1S/C69H45N/c1-67(2)52-27-11-5-21-45(52)48-39-38-43(41-61(48)67)70(62-35-17-33-58-65(62)50-25-9-15-31-56(50)68(58)53-28-12-6-22-46(53)47-23-7-13-29-54(47)68)63-36-18-34-59-66(63)51-26-10-16-32-57(51)69(59)55-30-14-8-24-49(55)64-44-20-4-3-19-42(44)37-40-60(64)69/h3-41H,1-2H3.